The molecule has 0 aliphatic heterocycles. The average molecular weight is 410 g/mol. The molecule has 2 aliphatic carbocycles. The first-order valence-electron chi connectivity index (χ1n) is 11.9. The quantitative estimate of drug-likeness (QED) is 0.610. The zero-order valence-electron chi connectivity index (χ0n) is 19.5. The van der Waals surface area contributed by atoms with Gasteiger partial charge in [0.25, 0.3) is 0 Å². The van der Waals surface area contributed by atoms with E-state index in [2.05, 4.69) is 56.0 Å². The van der Waals surface area contributed by atoms with Gasteiger partial charge in [-0.25, -0.2) is 9.97 Å². The van der Waals surface area contributed by atoms with Gasteiger partial charge in [-0.3, -0.25) is 4.68 Å². The smallest absolute Gasteiger partial charge is 0.132 e. The monoisotopic (exact) mass is 409 g/mol. The summed E-state index contributed by atoms with van der Waals surface area (Å²) in [6.07, 6.45) is 14.4. The maximum atomic E-state index is 5.02. The van der Waals surface area contributed by atoms with E-state index in [1.54, 1.807) is 0 Å². The summed E-state index contributed by atoms with van der Waals surface area (Å²) in [5, 5.41) is 4.53. The Morgan fingerprint density at radius 3 is 2.43 bits per heavy atom. The lowest BCUT2D eigenvalue weighted by molar-refractivity contribution is 0.175. The molecule has 2 aromatic heterocycles. The first kappa shape index (κ1) is 21.5. The molecule has 2 aromatic rings. The van der Waals surface area contributed by atoms with Crippen LogP contribution in [0.15, 0.2) is 18.5 Å². The van der Waals surface area contributed by atoms with Crippen molar-refractivity contribution in [3.63, 3.8) is 0 Å². The minimum absolute atomic E-state index is 0.375. The van der Waals surface area contributed by atoms with Crippen molar-refractivity contribution in [2.24, 2.45) is 24.8 Å². The molecule has 2 saturated carbocycles. The van der Waals surface area contributed by atoms with Crippen molar-refractivity contribution < 1.29 is 0 Å². The second kappa shape index (κ2) is 9.17. The predicted octanol–water partition coefficient (Wildman–Crippen LogP) is 5.08. The molecule has 1 unspecified atom stereocenters. The summed E-state index contributed by atoms with van der Waals surface area (Å²) in [4.78, 5) is 12.1. The van der Waals surface area contributed by atoms with E-state index >= 15 is 0 Å². The molecule has 0 spiro atoms. The Balaban J connectivity index is 1.42. The Labute approximate surface area is 182 Å². The molecule has 164 valence electrons. The van der Waals surface area contributed by atoms with Crippen LogP contribution >= 0.6 is 0 Å². The number of nitrogens with zero attached hydrogens (tertiary/aromatic N) is 5. The van der Waals surface area contributed by atoms with E-state index in [4.69, 9.17) is 4.98 Å². The molecule has 0 radical (unpaired) electrons. The van der Waals surface area contributed by atoms with Crippen LogP contribution in [0, 0.1) is 17.8 Å². The summed E-state index contributed by atoms with van der Waals surface area (Å²) >= 11 is 0. The number of rotatable bonds is 8. The number of aromatic nitrogens is 4. The van der Waals surface area contributed by atoms with Crippen LogP contribution in [0.1, 0.15) is 76.2 Å². The Morgan fingerprint density at radius 1 is 1.07 bits per heavy atom. The fourth-order valence-electron chi connectivity index (χ4n) is 5.14. The average Bonchev–Trinajstić information content (AvgIpc) is 3.50. The van der Waals surface area contributed by atoms with Crippen LogP contribution in [-0.4, -0.2) is 44.8 Å². The fraction of sp³-hybridized carbons (Fsp3) is 0.720. The lowest BCUT2D eigenvalue weighted by atomic mass is 9.78. The van der Waals surface area contributed by atoms with Crippen molar-refractivity contribution in [1.82, 2.24) is 24.6 Å². The SMILES string of the molecule is CC(c1nccc(-c2cnn(C)c2CC2CC2)n1)[C@H](C)C[C@H]1CC[C@H](N(C)C)CC1. The Hall–Kier alpha value is -1.75. The van der Waals surface area contributed by atoms with Crippen molar-refractivity contribution in [3.05, 3.63) is 30.0 Å². The van der Waals surface area contributed by atoms with Gasteiger partial charge >= 0.3 is 0 Å². The minimum atomic E-state index is 0.375. The molecule has 5 heteroatoms. The van der Waals surface area contributed by atoms with Crippen LogP contribution in [0.5, 0.6) is 0 Å². The summed E-state index contributed by atoms with van der Waals surface area (Å²) in [5.41, 5.74) is 3.55. The second-order valence-corrected chi connectivity index (χ2v) is 10.2. The number of aryl methyl sites for hydroxylation is 1. The van der Waals surface area contributed by atoms with E-state index < -0.39 is 0 Å². The van der Waals surface area contributed by atoms with Gasteiger partial charge in [0.1, 0.15) is 5.82 Å². The van der Waals surface area contributed by atoms with Crippen LogP contribution in [0.25, 0.3) is 11.3 Å². The van der Waals surface area contributed by atoms with E-state index in [9.17, 15) is 0 Å². The van der Waals surface area contributed by atoms with E-state index in [1.807, 2.05) is 17.1 Å². The van der Waals surface area contributed by atoms with Crippen LogP contribution in [0.3, 0.4) is 0 Å². The zero-order valence-corrected chi connectivity index (χ0v) is 19.5. The van der Waals surface area contributed by atoms with E-state index in [0.717, 1.165) is 35.8 Å². The Kier molecular flexibility index (Phi) is 6.57. The molecule has 2 heterocycles. The molecule has 0 N–H and O–H groups in total. The molecular formula is C25H39N5. The van der Waals surface area contributed by atoms with E-state index in [-0.39, 0.29) is 0 Å². The highest BCUT2D eigenvalue weighted by Gasteiger charge is 2.28. The summed E-state index contributed by atoms with van der Waals surface area (Å²) in [6.45, 7) is 4.70. The van der Waals surface area contributed by atoms with Crippen molar-refractivity contribution in [2.75, 3.05) is 14.1 Å². The second-order valence-electron chi connectivity index (χ2n) is 10.2. The highest BCUT2D eigenvalue weighted by Crippen LogP contribution is 2.37. The van der Waals surface area contributed by atoms with E-state index in [1.165, 1.54) is 56.2 Å². The first-order chi connectivity index (χ1) is 14.4. The largest absolute Gasteiger partial charge is 0.306 e. The normalized spacial score (nSPS) is 24.2. The van der Waals surface area contributed by atoms with Gasteiger partial charge in [-0.1, -0.05) is 13.8 Å². The minimum Gasteiger partial charge on any atom is -0.306 e. The molecule has 0 bridgehead atoms. The van der Waals surface area contributed by atoms with Crippen LogP contribution in [-0.2, 0) is 13.5 Å². The summed E-state index contributed by atoms with van der Waals surface area (Å²) in [5.74, 6) is 3.65. The Morgan fingerprint density at radius 2 is 1.77 bits per heavy atom. The van der Waals surface area contributed by atoms with Crippen LogP contribution in [0.2, 0.25) is 0 Å². The topological polar surface area (TPSA) is 46.8 Å². The molecule has 2 atom stereocenters. The van der Waals surface area contributed by atoms with Gasteiger partial charge in [0, 0.05) is 36.5 Å². The number of hydrogen-bond acceptors (Lipinski definition) is 4. The molecule has 2 fully saturated rings. The maximum absolute atomic E-state index is 5.02. The molecule has 4 rings (SSSR count). The molecule has 5 nitrogen and oxygen atoms in total. The molecule has 0 amide bonds. The van der Waals surface area contributed by atoms with Gasteiger partial charge in [0.2, 0.25) is 0 Å². The van der Waals surface area contributed by atoms with Gasteiger partial charge in [-0.05, 0) is 89.3 Å². The molecular weight excluding hydrogens is 370 g/mol. The Bertz CT molecular complexity index is 830. The summed E-state index contributed by atoms with van der Waals surface area (Å²) in [7, 11) is 6.50. The number of hydrogen-bond donors (Lipinski definition) is 0. The highest BCUT2D eigenvalue weighted by molar-refractivity contribution is 5.61. The van der Waals surface area contributed by atoms with Crippen molar-refractivity contribution in [1.29, 1.82) is 0 Å². The third kappa shape index (κ3) is 4.93. The van der Waals surface area contributed by atoms with Crippen molar-refractivity contribution in [3.8, 4) is 11.3 Å². The zero-order chi connectivity index (χ0) is 21.3. The molecule has 0 aromatic carbocycles. The van der Waals surface area contributed by atoms with Gasteiger partial charge in [-0.15, -0.1) is 0 Å². The van der Waals surface area contributed by atoms with Crippen LogP contribution in [0.4, 0.5) is 0 Å². The van der Waals surface area contributed by atoms with Gasteiger partial charge in [0.15, 0.2) is 0 Å². The molecule has 0 saturated heterocycles. The van der Waals surface area contributed by atoms with E-state index in [0.29, 0.717) is 11.8 Å². The fourth-order valence-corrected chi connectivity index (χ4v) is 5.14. The molecule has 30 heavy (non-hydrogen) atoms. The third-order valence-corrected chi connectivity index (χ3v) is 7.70. The predicted molar refractivity (Wildman–Crippen MR) is 122 cm³/mol. The molecule has 2 aliphatic rings. The van der Waals surface area contributed by atoms with Crippen molar-refractivity contribution >= 4 is 0 Å². The van der Waals surface area contributed by atoms with Gasteiger partial charge in [-0.2, -0.15) is 5.10 Å². The van der Waals surface area contributed by atoms with Gasteiger partial charge < -0.3 is 4.90 Å². The maximum Gasteiger partial charge on any atom is 0.132 e. The lowest BCUT2D eigenvalue weighted by Crippen LogP contribution is -2.32. The van der Waals surface area contributed by atoms with Crippen molar-refractivity contribution in [2.45, 2.75) is 77.2 Å². The first-order valence-corrected chi connectivity index (χ1v) is 11.9. The highest BCUT2D eigenvalue weighted by atomic mass is 15.3. The summed E-state index contributed by atoms with van der Waals surface area (Å²) < 4.78 is 2.03. The third-order valence-electron chi connectivity index (χ3n) is 7.70. The lowest BCUT2D eigenvalue weighted by Gasteiger charge is -2.34. The standard InChI is InChI=1S/C25H39N5/c1-17(14-19-8-10-21(11-9-19)29(3)4)18(2)25-26-13-12-23(28-25)22-16-27-30(5)24(22)15-20-6-7-20/h12-13,16-21H,6-11,14-15H2,1-5H3/t17-,18?,19-,21-/m1/s1. The van der Waals surface area contributed by atoms with Crippen LogP contribution < -0.4 is 0 Å². The van der Waals surface area contributed by atoms with Gasteiger partial charge in [0.05, 0.1) is 11.9 Å². The summed E-state index contributed by atoms with van der Waals surface area (Å²) in [6, 6.07) is 2.83.